The van der Waals surface area contributed by atoms with Crippen molar-refractivity contribution in [3.05, 3.63) is 30.3 Å². The normalized spacial score (nSPS) is 20.4. The van der Waals surface area contributed by atoms with Gasteiger partial charge in [0, 0.05) is 59.0 Å². The summed E-state index contributed by atoms with van der Waals surface area (Å²) in [6.07, 6.45) is 5.41. The van der Waals surface area contributed by atoms with E-state index in [0.29, 0.717) is 0 Å². The van der Waals surface area contributed by atoms with E-state index in [1.165, 1.54) is 90.1 Å². The Morgan fingerprint density at radius 1 is 0.697 bits per heavy atom. The number of hydrogen-bond donors (Lipinski definition) is 0. The first-order valence-electron chi connectivity index (χ1n) is 13.4. The quantitative estimate of drug-likeness (QED) is 0.329. The van der Waals surface area contributed by atoms with Crippen LogP contribution in [0.5, 0.6) is 0 Å². The third-order valence-corrected chi connectivity index (χ3v) is 15.8. The number of rotatable bonds is 12. The van der Waals surface area contributed by atoms with E-state index in [9.17, 15) is 0 Å². The Bertz CT molecular complexity index is 652. The van der Waals surface area contributed by atoms with Crippen molar-refractivity contribution >= 4 is 21.9 Å². The molecule has 0 aliphatic carbocycles. The SMILES string of the molecule is CCO[Si](C)(C)CCCCCC[Si](c1ccccc1)(N1CCN(C)CC1)N1CCN(C)CC1. The third kappa shape index (κ3) is 7.47. The lowest BCUT2D eigenvalue weighted by Gasteiger charge is -2.53. The zero-order valence-electron chi connectivity index (χ0n) is 22.2. The number of unbranched alkanes of at least 4 members (excludes halogenated alkanes) is 3. The van der Waals surface area contributed by atoms with Gasteiger partial charge >= 0.3 is 0 Å². The molecular weight excluding hydrogens is 440 g/mol. The Labute approximate surface area is 206 Å². The van der Waals surface area contributed by atoms with Gasteiger partial charge < -0.3 is 23.4 Å². The summed E-state index contributed by atoms with van der Waals surface area (Å²) in [6.45, 7) is 17.5. The topological polar surface area (TPSA) is 22.2 Å². The smallest absolute Gasteiger partial charge is 0.239 e. The second-order valence-corrected chi connectivity index (χ2v) is 19.2. The summed E-state index contributed by atoms with van der Waals surface area (Å²) in [5.41, 5.74) is 0. The Morgan fingerprint density at radius 2 is 1.18 bits per heavy atom. The molecule has 3 rings (SSSR count). The maximum Gasteiger partial charge on any atom is 0.239 e. The van der Waals surface area contributed by atoms with Crippen molar-refractivity contribution in [3.63, 3.8) is 0 Å². The van der Waals surface area contributed by atoms with Crippen LogP contribution >= 0.6 is 0 Å². The largest absolute Gasteiger partial charge is 0.418 e. The molecular formula is C26H50N4OSi2. The number of benzene rings is 1. The monoisotopic (exact) mass is 490 g/mol. The second-order valence-electron chi connectivity index (χ2n) is 10.9. The van der Waals surface area contributed by atoms with E-state index >= 15 is 0 Å². The summed E-state index contributed by atoms with van der Waals surface area (Å²) in [5, 5.41) is 1.64. The zero-order chi connectivity index (χ0) is 23.7. The molecule has 0 aromatic heterocycles. The van der Waals surface area contributed by atoms with Crippen LogP contribution in [0, 0.1) is 0 Å². The minimum absolute atomic E-state index is 0.875. The molecule has 2 aliphatic heterocycles. The van der Waals surface area contributed by atoms with Gasteiger partial charge in [0.1, 0.15) is 0 Å². The van der Waals surface area contributed by atoms with Crippen LogP contribution in [0.2, 0.25) is 25.2 Å². The molecule has 2 aliphatic rings. The van der Waals surface area contributed by atoms with Gasteiger partial charge in [-0.1, -0.05) is 56.0 Å². The molecule has 0 bridgehead atoms. The van der Waals surface area contributed by atoms with E-state index in [1.807, 2.05) is 0 Å². The minimum Gasteiger partial charge on any atom is -0.418 e. The Kier molecular flexibility index (Phi) is 10.6. The summed E-state index contributed by atoms with van der Waals surface area (Å²) < 4.78 is 12.0. The number of piperazine rings is 2. The molecule has 188 valence electrons. The number of nitrogens with zero attached hydrogens (tertiary/aromatic N) is 4. The second kappa shape index (κ2) is 13.0. The molecule has 0 radical (unpaired) electrons. The van der Waals surface area contributed by atoms with Crippen molar-refractivity contribution in [2.24, 2.45) is 0 Å². The average Bonchev–Trinajstić information content (AvgIpc) is 2.81. The lowest BCUT2D eigenvalue weighted by atomic mass is 10.2. The molecule has 0 amide bonds. The molecule has 0 unspecified atom stereocenters. The van der Waals surface area contributed by atoms with Crippen molar-refractivity contribution in [1.82, 2.24) is 18.9 Å². The van der Waals surface area contributed by atoms with Crippen LogP contribution in [0.3, 0.4) is 0 Å². The highest BCUT2D eigenvalue weighted by molar-refractivity contribution is 6.87. The van der Waals surface area contributed by atoms with Crippen molar-refractivity contribution in [2.45, 2.75) is 57.8 Å². The fourth-order valence-electron chi connectivity index (χ4n) is 5.82. The molecule has 0 spiro atoms. The average molecular weight is 491 g/mol. The summed E-state index contributed by atoms with van der Waals surface area (Å²) in [6, 6.07) is 14.3. The van der Waals surface area contributed by atoms with Gasteiger partial charge in [-0.15, -0.1) is 0 Å². The molecule has 2 fully saturated rings. The van der Waals surface area contributed by atoms with Crippen molar-refractivity contribution in [3.8, 4) is 0 Å². The van der Waals surface area contributed by atoms with Crippen molar-refractivity contribution in [1.29, 1.82) is 0 Å². The molecule has 7 heteroatoms. The molecule has 5 nitrogen and oxygen atoms in total. The minimum atomic E-state index is -1.94. The fourth-order valence-corrected chi connectivity index (χ4v) is 13.2. The highest BCUT2D eigenvalue weighted by atomic mass is 28.4. The van der Waals surface area contributed by atoms with Crippen LogP contribution in [-0.4, -0.2) is 109 Å². The summed E-state index contributed by atoms with van der Waals surface area (Å²) >= 11 is 0. The van der Waals surface area contributed by atoms with E-state index in [2.05, 4.69) is 83.4 Å². The number of hydrogen-bond acceptors (Lipinski definition) is 5. The fraction of sp³-hybridized carbons (Fsp3) is 0.769. The van der Waals surface area contributed by atoms with Gasteiger partial charge in [-0.3, -0.25) is 0 Å². The predicted octanol–water partition coefficient (Wildman–Crippen LogP) is 3.63. The maximum atomic E-state index is 6.05. The van der Waals surface area contributed by atoms with Crippen LogP contribution in [0.1, 0.15) is 32.6 Å². The van der Waals surface area contributed by atoms with Crippen LogP contribution < -0.4 is 5.19 Å². The highest BCUT2D eigenvalue weighted by Gasteiger charge is 2.48. The predicted molar refractivity (Wildman–Crippen MR) is 147 cm³/mol. The zero-order valence-corrected chi connectivity index (χ0v) is 24.2. The van der Waals surface area contributed by atoms with Gasteiger partial charge in [0.2, 0.25) is 8.40 Å². The van der Waals surface area contributed by atoms with Crippen molar-refractivity contribution in [2.75, 3.05) is 73.1 Å². The lowest BCUT2D eigenvalue weighted by molar-refractivity contribution is 0.173. The molecule has 0 atom stereocenters. The standard InChI is InChI=1S/C26H50N4OSi2/c1-6-31-32(4,5)24-12-7-8-13-25-33(26-14-10-9-11-15-26,29-20-16-27(2)17-21-29)30-22-18-28(3)19-23-30/h9-11,14-15H,6-8,12-13,16-25H2,1-5H3. The molecule has 2 saturated heterocycles. The van der Waals surface area contributed by atoms with Gasteiger partial charge in [0.25, 0.3) is 0 Å². The number of likely N-dealkylation sites (N-methyl/N-ethyl adjacent to an activating group) is 2. The van der Waals surface area contributed by atoms with Crippen LogP contribution in [0.25, 0.3) is 0 Å². The first-order valence-corrected chi connectivity index (χ1v) is 18.7. The maximum absolute atomic E-state index is 6.05. The van der Waals surface area contributed by atoms with E-state index in [1.54, 1.807) is 5.19 Å². The van der Waals surface area contributed by atoms with Crippen LogP contribution in [0.15, 0.2) is 30.3 Å². The summed E-state index contributed by atoms with van der Waals surface area (Å²) in [7, 11) is 1.19. The van der Waals surface area contributed by atoms with E-state index in [-0.39, 0.29) is 0 Å². The van der Waals surface area contributed by atoms with E-state index in [4.69, 9.17) is 4.43 Å². The van der Waals surface area contributed by atoms with Crippen LogP contribution in [0.4, 0.5) is 0 Å². The van der Waals surface area contributed by atoms with Gasteiger partial charge in [0.05, 0.1) is 0 Å². The summed E-state index contributed by atoms with van der Waals surface area (Å²) in [4.78, 5) is 5.02. The molecule has 1 aromatic carbocycles. The molecule has 0 N–H and O–H groups in total. The van der Waals surface area contributed by atoms with Crippen molar-refractivity contribution < 1.29 is 4.43 Å². The Balaban J connectivity index is 1.73. The summed E-state index contributed by atoms with van der Waals surface area (Å²) in [5.74, 6) is 0. The first kappa shape index (κ1) is 27.0. The highest BCUT2D eigenvalue weighted by Crippen LogP contribution is 2.27. The first-order chi connectivity index (χ1) is 15.9. The molecule has 2 heterocycles. The molecule has 33 heavy (non-hydrogen) atoms. The third-order valence-electron chi connectivity index (χ3n) is 7.88. The molecule has 0 saturated carbocycles. The van der Waals surface area contributed by atoms with Gasteiger partial charge in [0.15, 0.2) is 8.32 Å². The lowest BCUT2D eigenvalue weighted by Crippen LogP contribution is -2.76. The van der Waals surface area contributed by atoms with E-state index < -0.39 is 16.7 Å². The Morgan fingerprint density at radius 3 is 1.67 bits per heavy atom. The van der Waals surface area contributed by atoms with Crippen LogP contribution in [-0.2, 0) is 4.43 Å². The Hall–Kier alpha value is -0.546. The molecule has 1 aromatic rings. The van der Waals surface area contributed by atoms with Gasteiger partial charge in [-0.25, -0.2) is 0 Å². The van der Waals surface area contributed by atoms with Gasteiger partial charge in [-0.05, 0) is 51.4 Å². The van der Waals surface area contributed by atoms with E-state index in [0.717, 1.165) is 6.61 Å². The van der Waals surface area contributed by atoms with Gasteiger partial charge in [-0.2, -0.15) is 0 Å².